The van der Waals surface area contributed by atoms with Crippen LogP contribution in [0.3, 0.4) is 0 Å². The van der Waals surface area contributed by atoms with Crippen LogP contribution < -0.4 is 10.6 Å². The van der Waals surface area contributed by atoms with Crippen LogP contribution in [0, 0.1) is 6.92 Å². The SMILES string of the molecule is CCc1cccc(C)c1NC(=O)CN1C(=O)NC(C)(c2ccsc2)C1=O. The average Bonchev–Trinajstić information content (AvgIpc) is 3.21. The molecule has 2 heterocycles. The number of carbonyl (C=O) groups is 3. The normalized spacial score (nSPS) is 19.6. The second-order valence-electron chi connectivity index (χ2n) is 6.47. The van der Waals surface area contributed by atoms with Crippen LogP contribution in [0.2, 0.25) is 0 Å². The molecular weight excluding hydrogens is 350 g/mol. The third kappa shape index (κ3) is 3.10. The number of benzene rings is 1. The molecule has 0 bridgehead atoms. The summed E-state index contributed by atoms with van der Waals surface area (Å²) in [6.07, 6.45) is 0.774. The zero-order valence-electron chi connectivity index (χ0n) is 15.0. The molecule has 0 aliphatic carbocycles. The molecule has 136 valence electrons. The van der Waals surface area contributed by atoms with E-state index in [4.69, 9.17) is 0 Å². The number of hydrogen-bond donors (Lipinski definition) is 2. The van der Waals surface area contributed by atoms with Crippen molar-refractivity contribution in [1.29, 1.82) is 0 Å². The lowest BCUT2D eigenvalue weighted by Crippen LogP contribution is -2.41. The van der Waals surface area contributed by atoms with Gasteiger partial charge in [0.2, 0.25) is 5.91 Å². The van der Waals surface area contributed by atoms with Crippen LogP contribution in [0.5, 0.6) is 0 Å². The average molecular weight is 371 g/mol. The van der Waals surface area contributed by atoms with Crippen molar-refractivity contribution < 1.29 is 14.4 Å². The van der Waals surface area contributed by atoms with E-state index in [2.05, 4.69) is 10.6 Å². The van der Waals surface area contributed by atoms with Crippen molar-refractivity contribution in [3.05, 3.63) is 51.7 Å². The number of anilines is 1. The lowest BCUT2D eigenvalue weighted by Gasteiger charge is -2.20. The third-order valence-electron chi connectivity index (χ3n) is 4.68. The first-order valence-corrected chi connectivity index (χ1v) is 9.36. The molecule has 3 rings (SSSR count). The van der Waals surface area contributed by atoms with Gasteiger partial charge >= 0.3 is 6.03 Å². The smallest absolute Gasteiger partial charge is 0.324 e. The largest absolute Gasteiger partial charge is 0.325 e. The molecule has 1 unspecified atom stereocenters. The summed E-state index contributed by atoms with van der Waals surface area (Å²) in [6.45, 7) is 5.26. The Morgan fingerprint density at radius 1 is 1.31 bits per heavy atom. The van der Waals surface area contributed by atoms with Crippen LogP contribution in [-0.2, 0) is 21.5 Å². The highest BCUT2D eigenvalue weighted by Crippen LogP contribution is 2.30. The standard InChI is InChI=1S/C19H21N3O3S/c1-4-13-7-5-6-12(2)16(13)20-15(23)10-22-17(24)19(3,21-18(22)25)14-8-9-26-11-14/h5-9,11H,4,10H2,1-3H3,(H,20,23)(H,21,25). The van der Waals surface area contributed by atoms with Crippen LogP contribution in [0.25, 0.3) is 0 Å². The van der Waals surface area contributed by atoms with Crippen LogP contribution >= 0.6 is 11.3 Å². The van der Waals surface area contributed by atoms with Crippen LogP contribution in [0.1, 0.15) is 30.5 Å². The summed E-state index contributed by atoms with van der Waals surface area (Å²) in [5.41, 5.74) is 2.29. The first kappa shape index (κ1) is 18.1. The van der Waals surface area contributed by atoms with Crippen LogP contribution in [0.4, 0.5) is 10.5 Å². The maximum absolute atomic E-state index is 12.8. The van der Waals surface area contributed by atoms with Crippen LogP contribution in [0.15, 0.2) is 35.0 Å². The number of aryl methyl sites for hydroxylation is 2. The Morgan fingerprint density at radius 2 is 2.08 bits per heavy atom. The Balaban J connectivity index is 1.76. The molecule has 1 aliphatic rings. The number of hydrogen-bond acceptors (Lipinski definition) is 4. The number of thiophene rings is 1. The van der Waals surface area contributed by atoms with Crippen molar-refractivity contribution in [2.45, 2.75) is 32.7 Å². The summed E-state index contributed by atoms with van der Waals surface area (Å²) in [5.74, 6) is -0.816. The summed E-state index contributed by atoms with van der Waals surface area (Å²) in [7, 11) is 0. The topological polar surface area (TPSA) is 78.5 Å². The zero-order valence-corrected chi connectivity index (χ0v) is 15.8. The minimum absolute atomic E-state index is 0.318. The monoisotopic (exact) mass is 371 g/mol. The van der Waals surface area contributed by atoms with E-state index in [0.717, 1.165) is 33.7 Å². The molecule has 1 aromatic carbocycles. The summed E-state index contributed by atoms with van der Waals surface area (Å²) >= 11 is 1.45. The number of para-hydroxylation sites is 1. The molecule has 0 spiro atoms. The van der Waals surface area contributed by atoms with E-state index < -0.39 is 23.4 Å². The van der Waals surface area contributed by atoms with E-state index in [-0.39, 0.29) is 6.54 Å². The molecular formula is C19H21N3O3S. The number of amides is 4. The Bertz CT molecular complexity index is 863. The number of urea groups is 1. The molecule has 2 aromatic rings. The van der Waals surface area contributed by atoms with Gasteiger partial charge in [0.25, 0.3) is 5.91 Å². The summed E-state index contributed by atoms with van der Waals surface area (Å²) in [5, 5.41) is 9.22. The molecule has 7 heteroatoms. The van der Waals surface area contributed by atoms with Gasteiger partial charge in [0.15, 0.2) is 0 Å². The number of nitrogens with zero attached hydrogens (tertiary/aromatic N) is 1. The van der Waals surface area contributed by atoms with E-state index in [9.17, 15) is 14.4 Å². The van der Waals surface area contributed by atoms with Gasteiger partial charge in [0.05, 0.1) is 0 Å². The summed E-state index contributed by atoms with van der Waals surface area (Å²) < 4.78 is 0. The molecule has 1 aromatic heterocycles. The molecule has 6 nitrogen and oxygen atoms in total. The van der Waals surface area contributed by atoms with E-state index in [1.165, 1.54) is 11.3 Å². The van der Waals surface area contributed by atoms with Gasteiger partial charge in [0, 0.05) is 5.69 Å². The van der Waals surface area contributed by atoms with Crippen molar-refractivity contribution in [2.75, 3.05) is 11.9 Å². The first-order valence-electron chi connectivity index (χ1n) is 8.42. The van der Waals surface area contributed by atoms with E-state index in [1.807, 2.05) is 42.8 Å². The van der Waals surface area contributed by atoms with Gasteiger partial charge in [-0.1, -0.05) is 25.1 Å². The van der Waals surface area contributed by atoms with Gasteiger partial charge in [-0.05, 0) is 53.8 Å². The maximum Gasteiger partial charge on any atom is 0.325 e. The van der Waals surface area contributed by atoms with Crippen molar-refractivity contribution >= 4 is 34.9 Å². The van der Waals surface area contributed by atoms with E-state index >= 15 is 0 Å². The maximum atomic E-state index is 12.8. The highest BCUT2D eigenvalue weighted by molar-refractivity contribution is 7.08. The number of rotatable bonds is 5. The predicted molar refractivity (Wildman–Crippen MR) is 101 cm³/mol. The van der Waals surface area contributed by atoms with E-state index in [1.54, 1.807) is 13.0 Å². The second kappa shape index (κ2) is 6.92. The number of carbonyl (C=O) groups excluding carboxylic acids is 3. The quantitative estimate of drug-likeness (QED) is 0.793. The fourth-order valence-corrected chi connectivity index (χ4v) is 3.87. The molecule has 0 saturated carbocycles. The minimum atomic E-state index is -1.13. The third-order valence-corrected chi connectivity index (χ3v) is 5.36. The van der Waals surface area contributed by atoms with Gasteiger partial charge in [-0.3, -0.25) is 14.5 Å². The van der Waals surface area contributed by atoms with Crippen molar-refractivity contribution in [3.63, 3.8) is 0 Å². The van der Waals surface area contributed by atoms with Crippen molar-refractivity contribution in [2.24, 2.45) is 0 Å². The summed E-state index contributed by atoms with van der Waals surface area (Å²) in [4.78, 5) is 38.5. The number of nitrogens with one attached hydrogen (secondary N) is 2. The van der Waals surface area contributed by atoms with Gasteiger partial charge in [-0.15, -0.1) is 0 Å². The highest BCUT2D eigenvalue weighted by atomic mass is 32.1. The Kier molecular flexibility index (Phi) is 4.82. The lowest BCUT2D eigenvalue weighted by molar-refractivity contribution is -0.133. The fraction of sp³-hybridized carbons (Fsp3) is 0.316. The molecule has 1 atom stereocenters. The molecule has 1 saturated heterocycles. The zero-order chi connectivity index (χ0) is 18.9. The van der Waals surface area contributed by atoms with Gasteiger partial charge in [-0.25, -0.2) is 4.79 Å². The molecule has 26 heavy (non-hydrogen) atoms. The second-order valence-corrected chi connectivity index (χ2v) is 7.25. The molecule has 0 radical (unpaired) electrons. The molecule has 2 N–H and O–H groups in total. The van der Waals surface area contributed by atoms with Gasteiger partial charge in [0.1, 0.15) is 12.1 Å². The minimum Gasteiger partial charge on any atom is -0.324 e. The van der Waals surface area contributed by atoms with Gasteiger partial charge < -0.3 is 10.6 Å². The molecule has 1 aliphatic heterocycles. The summed E-state index contributed by atoms with van der Waals surface area (Å²) in [6, 6.07) is 7.04. The predicted octanol–water partition coefficient (Wildman–Crippen LogP) is 3.02. The Labute approximate surface area is 156 Å². The molecule has 1 fully saturated rings. The number of imide groups is 1. The fourth-order valence-electron chi connectivity index (χ4n) is 3.11. The van der Waals surface area contributed by atoms with Crippen LogP contribution in [-0.4, -0.2) is 29.3 Å². The first-order chi connectivity index (χ1) is 12.4. The Hall–Kier alpha value is -2.67. The molecule has 4 amide bonds. The Morgan fingerprint density at radius 3 is 2.73 bits per heavy atom. The lowest BCUT2D eigenvalue weighted by atomic mass is 9.95. The highest BCUT2D eigenvalue weighted by Gasteiger charge is 2.49. The van der Waals surface area contributed by atoms with Crippen molar-refractivity contribution in [1.82, 2.24) is 10.2 Å². The van der Waals surface area contributed by atoms with E-state index in [0.29, 0.717) is 0 Å². The van der Waals surface area contributed by atoms with Gasteiger partial charge in [-0.2, -0.15) is 11.3 Å². The van der Waals surface area contributed by atoms with Crippen molar-refractivity contribution in [3.8, 4) is 0 Å².